The van der Waals surface area contributed by atoms with Crippen molar-refractivity contribution in [3.8, 4) is 0 Å². The van der Waals surface area contributed by atoms with Crippen LogP contribution in [0.25, 0.3) is 0 Å². The lowest BCUT2D eigenvalue weighted by Crippen LogP contribution is -2.25. The molecule has 0 aliphatic rings. The van der Waals surface area contributed by atoms with E-state index in [9.17, 15) is 12.8 Å². The maximum Gasteiger partial charge on any atom is 0.243 e. The van der Waals surface area contributed by atoms with E-state index in [1.54, 1.807) is 0 Å². The maximum atomic E-state index is 13.5. The fourth-order valence-electron chi connectivity index (χ4n) is 1.16. The Labute approximate surface area is 99.7 Å². The molecule has 3 nitrogen and oxygen atoms in total. The number of rotatable bonds is 5. The van der Waals surface area contributed by atoms with E-state index in [0.29, 0.717) is 18.5 Å². The van der Waals surface area contributed by atoms with Gasteiger partial charge >= 0.3 is 0 Å². The summed E-state index contributed by atoms with van der Waals surface area (Å²) in [4.78, 5) is -0.338. The molecule has 90 valence electrons. The molecular formula is C10H13ClFNO2S. The van der Waals surface area contributed by atoms with E-state index in [-0.39, 0.29) is 10.8 Å². The highest BCUT2D eigenvalue weighted by molar-refractivity contribution is 7.89. The Morgan fingerprint density at radius 1 is 1.44 bits per heavy atom. The first-order chi connectivity index (χ1) is 7.51. The van der Waals surface area contributed by atoms with Crippen LogP contribution in [0.4, 0.5) is 4.39 Å². The fraction of sp³-hybridized carbons (Fsp3) is 0.400. The highest BCUT2D eigenvalue weighted by Crippen LogP contribution is 2.16. The van der Waals surface area contributed by atoms with Gasteiger partial charge in [-0.1, -0.05) is 13.0 Å². The third-order valence-electron chi connectivity index (χ3n) is 1.98. The third kappa shape index (κ3) is 3.17. The second-order valence-corrected chi connectivity index (χ2v) is 5.30. The molecule has 0 bridgehead atoms. The van der Waals surface area contributed by atoms with Crippen LogP contribution in [0.2, 0.25) is 0 Å². The highest BCUT2D eigenvalue weighted by Gasteiger charge is 2.18. The summed E-state index contributed by atoms with van der Waals surface area (Å²) >= 11 is 5.52. The van der Waals surface area contributed by atoms with Crippen LogP contribution in [0.15, 0.2) is 23.1 Å². The first kappa shape index (κ1) is 13.4. The molecule has 6 heteroatoms. The molecule has 16 heavy (non-hydrogen) atoms. The van der Waals surface area contributed by atoms with Crippen LogP contribution in [0, 0.1) is 5.82 Å². The number of nitrogens with one attached hydrogen (secondary N) is 1. The van der Waals surface area contributed by atoms with E-state index in [1.807, 2.05) is 6.92 Å². The molecule has 1 N–H and O–H groups in total. The summed E-state index contributed by atoms with van der Waals surface area (Å²) in [6.45, 7) is 2.12. The summed E-state index contributed by atoms with van der Waals surface area (Å²) in [7, 11) is -3.75. The van der Waals surface area contributed by atoms with Crippen molar-refractivity contribution in [1.29, 1.82) is 0 Å². The molecule has 0 amide bonds. The van der Waals surface area contributed by atoms with Gasteiger partial charge in [0.15, 0.2) is 0 Å². The van der Waals surface area contributed by atoms with Gasteiger partial charge in [0, 0.05) is 12.4 Å². The van der Waals surface area contributed by atoms with Crippen LogP contribution < -0.4 is 4.72 Å². The number of hydrogen-bond acceptors (Lipinski definition) is 2. The summed E-state index contributed by atoms with van der Waals surface area (Å²) in [6.07, 6.45) is 0.653. The Hall–Kier alpha value is -0.650. The van der Waals surface area contributed by atoms with Gasteiger partial charge in [0.25, 0.3) is 0 Å². The molecule has 0 fully saturated rings. The van der Waals surface area contributed by atoms with Crippen LogP contribution in [-0.4, -0.2) is 15.0 Å². The van der Waals surface area contributed by atoms with Crippen molar-refractivity contribution in [2.45, 2.75) is 24.1 Å². The molecular weight excluding hydrogens is 253 g/mol. The third-order valence-corrected chi connectivity index (χ3v) is 3.79. The molecule has 0 unspecified atom stereocenters. The summed E-state index contributed by atoms with van der Waals surface area (Å²) in [5.41, 5.74) is 0.550. The van der Waals surface area contributed by atoms with Gasteiger partial charge in [-0.3, -0.25) is 0 Å². The van der Waals surface area contributed by atoms with Crippen LogP contribution in [0.1, 0.15) is 18.9 Å². The summed E-state index contributed by atoms with van der Waals surface area (Å²) in [6, 6.07) is 3.86. The number of benzene rings is 1. The number of sulfonamides is 1. The molecule has 0 aliphatic heterocycles. The van der Waals surface area contributed by atoms with Gasteiger partial charge in [-0.05, 0) is 24.1 Å². The second-order valence-electron chi connectivity index (χ2n) is 3.30. The van der Waals surface area contributed by atoms with Crippen molar-refractivity contribution in [3.05, 3.63) is 29.6 Å². The largest absolute Gasteiger partial charge is 0.243 e. The maximum absolute atomic E-state index is 13.5. The number of alkyl halides is 1. The van der Waals surface area contributed by atoms with E-state index in [1.165, 1.54) is 12.1 Å². The van der Waals surface area contributed by atoms with Crippen LogP contribution >= 0.6 is 11.6 Å². The number of halogens is 2. The molecule has 1 aromatic rings. The lowest BCUT2D eigenvalue weighted by Gasteiger charge is -2.07. The first-order valence-corrected chi connectivity index (χ1v) is 6.87. The fourth-order valence-corrected chi connectivity index (χ4v) is 2.52. The predicted molar refractivity (Wildman–Crippen MR) is 61.4 cm³/mol. The quantitative estimate of drug-likeness (QED) is 0.830. The summed E-state index contributed by atoms with van der Waals surface area (Å²) < 4.78 is 39.0. The van der Waals surface area contributed by atoms with Crippen LogP contribution in [0.3, 0.4) is 0 Å². The molecule has 0 heterocycles. The van der Waals surface area contributed by atoms with Crippen LogP contribution in [-0.2, 0) is 15.9 Å². The minimum absolute atomic E-state index is 0.152. The Kier molecular flexibility index (Phi) is 4.70. The Balaban J connectivity index is 3.04. The summed E-state index contributed by atoms with van der Waals surface area (Å²) in [5, 5.41) is 0. The monoisotopic (exact) mass is 265 g/mol. The minimum atomic E-state index is -3.75. The van der Waals surface area contributed by atoms with Gasteiger partial charge in [-0.25, -0.2) is 17.5 Å². The molecule has 0 saturated heterocycles. The van der Waals surface area contributed by atoms with Crippen molar-refractivity contribution in [3.63, 3.8) is 0 Å². The Bertz CT molecular complexity index is 462. The van der Waals surface area contributed by atoms with Crippen molar-refractivity contribution in [1.82, 2.24) is 4.72 Å². The van der Waals surface area contributed by atoms with Crippen molar-refractivity contribution < 1.29 is 12.8 Å². The van der Waals surface area contributed by atoms with Gasteiger partial charge in [0.2, 0.25) is 10.0 Å². The minimum Gasteiger partial charge on any atom is -0.211 e. The molecule has 0 spiro atoms. The van der Waals surface area contributed by atoms with Crippen molar-refractivity contribution in [2.24, 2.45) is 0 Å². The molecule has 0 aliphatic carbocycles. The van der Waals surface area contributed by atoms with Gasteiger partial charge in [-0.2, -0.15) is 0 Å². The molecule has 0 atom stereocenters. The molecule has 1 rings (SSSR count). The Morgan fingerprint density at radius 3 is 2.62 bits per heavy atom. The topological polar surface area (TPSA) is 46.2 Å². The lowest BCUT2D eigenvalue weighted by molar-refractivity contribution is 0.556. The average Bonchev–Trinajstić information content (AvgIpc) is 2.25. The first-order valence-electron chi connectivity index (χ1n) is 4.85. The number of hydrogen-bond donors (Lipinski definition) is 1. The van der Waals surface area contributed by atoms with E-state index >= 15 is 0 Å². The average molecular weight is 266 g/mol. The zero-order valence-corrected chi connectivity index (χ0v) is 10.4. The zero-order valence-electron chi connectivity index (χ0n) is 8.83. The van der Waals surface area contributed by atoms with Crippen LogP contribution in [0.5, 0.6) is 0 Å². The lowest BCUT2D eigenvalue weighted by atomic mass is 10.2. The van der Waals surface area contributed by atoms with E-state index in [2.05, 4.69) is 4.72 Å². The van der Waals surface area contributed by atoms with Gasteiger partial charge in [-0.15, -0.1) is 11.6 Å². The van der Waals surface area contributed by atoms with Gasteiger partial charge in [0.1, 0.15) is 10.7 Å². The highest BCUT2D eigenvalue weighted by atomic mass is 35.5. The van der Waals surface area contributed by atoms with Crippen molar-refractivity contribution >= 4 is 21.6 Å². The normalized spacial score (nSPS) is 11.7. The van der Waals surface area contributed by atoms with Crippen molar-refractivity contribution in [2.75, 3.05) is 6.54 Å². The SMILES string of the molecule is CCCNS(=O)(=O)c1ccc(CCl)cc1F. The summed E-state index contributed by atoms with van der Waals surface area (Å²) in [5.74, 6) is -0.624. The molecule has 0 radical (unpaired) electrons. The molecule has 0 saturated carbocycles. The zero-order chi connectivity index (χ0) is 12.2. The van der Waals surface area contributed by atoms with E-state index < -0.39 is 15.8 Å². The molecule has 0 aromatic heterocycles. The second kappa shape index (κ2) is 5.61. The van der Waals surface area contributed by atoms with E-state index in [0.717, 1.165) is 6.07 Å². The van der Waals surface area contributed by atoms with Gasteiger partial charge in [0.05, 0.1) is 0 Å². The predicted octanol–water partition coefficient (Wildman–Crippen LogP) is 2.25. The molecule has 1 aromatic carbocycles. The standard InChI is InChI=1S/C10H13ClFNO2S/c1-2-5-13-16(14,15)10-4-3-8(7-11)6-9(10)12/h3-4,6,13H,2,5,7H2,1H3. The van der Waals surface area contributed by atoms with Gasteiger partial charge < -0.3 is 0 Å². The smallest absolute Gasteiger partial charge is 0.211 e. The van der Waals surface area contributed by atoms with E-state index in [4.69, 9.17) is 11.6 Å². The Morgan fingerprint density at radius 2 is 2.12 bits per heavy atom.